The van der Waals surface area contributed by atoms with Gasteiger partial charge in [0, 0.05) is 24.6 Å². The minimum Gasteiger partial charge on any atom is -0.370 e. The van der Waals surface area contributed by atoms with Crippen LogP contribution < -0.4 is 16.8 Å². The highest BCUT2D eigenvalue weighted by molar-refractivity contribution is 5.42. The molecule has 0 atom stereocenters. The highest BCUT2D eigenvalue weighted by atomic mass is 19.1. The van der Waals surface area contributed by atoms with E-state index in [2.05, 4.69) is 15.3 Å². The van der Waals surface area contributed by atoms with Crippen LogP contribution in [0.15, 0.2) is 30.3 Å². The lowest BCUT2D eigenvalue weighted by Crippen LogP contribution is -2.35. The van der Waals surface area contributed by atoms with E-state index >= 15 is 0 Å². The lowest BCUT2D eigenvalue weighted by Gasteiger charge is -2.32. The van der Waals surface area contributed by atoms with E-state index in [1.807, 2.05) is 12.1 Å². The van der Waals surface area contributed by atoms with Crippen LogP contribution in [0, 0.1) is 5.82 Å². The standard InChI is InChI=1S/C16H20FN5/c17-13-4-2-1-3-10(13)5-6-20-15-9-14(21-16(19)22-15)11-7-12(18)8-11/h1-4,9,11-12H,5-8,18H2,(H3,19,20,21,22). The van der Waals surface area contributed by atoms with E-state index in [-0.39, 0.29) is 17.8 Å². The van der Waals surface area contributed by atoms with Crippen molar-refractivity contribution in [3.63, 3.8) is 0 Å². The number of rotatable bonds is 5. The highest BCUT2D eigenvalue weighted by Crippen LogP contribution is 2.35. The first kappa shape index (κ1) is 14.7. The van der Waals surface area contributed by atoms with Gasteiger partial charge in [-0.2, -0.15) is 4.98 Å². The fraction of sp³-hybridized carbons (Fsp3) is 0.375. The summed E-state index contributed by atoms with van der Waals surface area (Å²) in [6.45, 7) is 0.584. The van der Waals surface area contributed by atoms with E-state index in [9.17, 15) is 4.39 Å². The van der Waals surface area contributed by atoms with Crippen molar-refractivity contribution in [2.45, 2.75) is 31.2 Å². The zero-order valence-electron chi connectivity index (χ0n) is 12.3. The summed E-state index contributed by atoms with van der Waals surface area (Å²) in [5.74, 6) is 1.12. The summed E-state index contributed by atoms with van der Waals surface area (Å²) in [5.41, 5.74) is 13.2. The third-order valence-corrected chi connectivity index (χ3v) is 4.01. The van der Waals surface area contributed by atoms with Gasteiger partial charge in [0.1, 0.15) is 11.6 Å². The van der Waals surface area contributed by atoms with E-state index in [0.29, 0.717) is 30.3 Å². The number of hydrogen-bond acceptors (Lipinski definition) is 5. The topological polar surface area (TPSA) is 89.8 Å². The molecule has 1 aliphatic carbocycles. The van der Waals surface area contributed by atoms with Crippen molar-refractivity contribution < 1.29 is 4.39 Å². The van der Waals surface area contributed by atoms with Crippen molar-refractivity contribution >= 4 is 11.8 Å². The Morgan fingerprint density at radius 2 is 2.00 bits per heavy atom. The molecule has 5 nitrogen and oxygen atoms in total. The van der Waals surface area contributed by atoms with Crippen molar-refractivity contribution in [1.82, 2.24) is 9.97 Å². The van der Waals surface area contributed by atoms with Crippen LogP contribution in [0.25, 0.3) is 0 Å². The molecule has 0 radical (unpaired) electrons. The van der Waals surface area contributed by atoms with Crippen molar-refractivity contribution in [1.29, 1.82) is 0 Å². The van der Waals surface area contributed by atoms with Crippen molar-refractivity contribution in [3.05, 3.63) is 47.4 Å². The predicted molar refractivity (Wildman–Crippen MR) is 85.0 cm³/mol. The number of aromatic nitrogens is 2. The van der Waals surface area contributed by atoms with E-state index in [1.54, 1.807) is 12.1 Å². The molecule has 22 heavy (non-hydrogen) atoms. The van der Waals surface area contributed by atoms with Crippen LogP contribution in [0.4, 0.5) is 16.2 Å². The van der Waals surface area contributed by atoms with Gasteiger partial charge in [-0.15, -0.1) is 0 Å². The van der Waals surface area contributed by atoms with Gasteiger partial charge in [-0.05, 0) is 30.9 Å². The Bertz CT molecular complexity index is 655. The molecule has 6 heteroatoms. The molecule has 5 N–H and O–H groups in total. The number of anilines is 2. The molecule has 0 amide bonds. The van der Waals surface area contributed by atoms with Crippen LogP contribution in [-0.4, -0.2) is 22.6 Å². The van der Waals surface area contributed by atoms with Crippen LogP contribution in [0.2, 0.25) is 0 Å². The Hall–Kier alpha value is -2.21. The first-order valence-electron chi connectivity index (χ1n) is 7.49. The maximum absolute atomic E-state index is 13.6. The van der Waals surface area contributed by atoms with Crippen LogP contribution >= 0.6 is 0 Å². The van der Waals surface area contributed by atoms with Gasteiger partial charge in [-0.25, -0.2) is 9.37 Å². The Balaban J connectivity index is 1.61. The molecule has 0 aliphatic heterocycles. The summed E-state index contributed by atoms with van der Waals surface area (Å²) in [6, 6.07) is 8.95. The third kappa shape index (κ3) is 3.33. The molecular formula is C16H20FN5. The molecule has 0 bridgehead atoms. The molecule has 2 aromatic rings. The monoisotopic (exact) mass is 301 g/mol. The first-order chi connectivity index (χ1) is 10.6. The van der Waals surface area contributed by atoms with Gasteiger partial charge in [0.2, 0.25) is 5.95 Å². The fourth-order valence-corrected chi connectivity index (χ4v) is 2.71. The number of hydrogen-bond donors (Lipinski definition) is 3. The summed E-state index contributed by atoms with van der Waals surface area (Å²) in [7, 11) is 0. The van der Waals surface area contributed by atoms with Gasteiger partial charge in [0.25, 0.3) is 0 Å². The highest BCUT2D eigenvalue weighted by Gasteiger charge is 2.29. The van der Waals surface area contributed by atoms with Crippen LogP contribution in [0.1, 0.15) is 30.0 Å². The summed E-state index contributed by atoms with van der Waals surface area (Å²) in [6.07, 6.45) is 2.45. The molecule has 1 aromatic heterocycles. The third-order valence-electron chi connectivity index (χ3n) is 4.01. The van der Waals surface area contributed by atoms with E-state index in [1.165, 1.54) is 6.07 Å². The Morgan fingerprint density at radius 1 is 1.23 bits per heavy atom. The average molecular weight is 301 g/mol. The van der Waals surface area contributed by atoms with E-state index < -0.39 is 0 Å². The van der Waals surface area contributed by atoms with Gasteiger partial charge in [-0.3, -0.25) is 0 Å². The Kier molecular flexibility index (Phi) is 4.20. The Labute approximate surface area is 129 Å². The average Bonchev–Trinajstić information content (AvgIpc) is 2.45. The number of nitrogens with zero attached hydrogens (tertiary/aromatic N) is 2. The molecular weight excluding hydrogens is 281 g/mol. The summed E-state index contributed by atoms with van der Waals surface area (Å²) < 4.78 is 13.6. The van der Waals surface area contributed by atoms with Crippen molar-refractivity contribution in [2.75, 3.05) is 17.6 Å². The van der Waals surface area contributed by atoms with Gasteiger partial charge in [-0.1, -0.05) is 18.2 Å². The quantitative estimate of drug-likeness (QED) is 0.786. The second kappa shape index (κ2) is 6.27. The predicted octanol–water partition coefficient (Wildman–Crippen LogP) is 2.06. The summed E-state index contributed by atoms with van der Waals surface area (Å²) in [4.78, 5) is 8.46. The number of benzene rings is 1. The number of nitrogen functional groups attached to an aromatic ring is 1. The van der Waals surface area contributed by atoms with Gasteiger partial charge in [0.15, 0.2) is 0 Å². The fourth-order valence-electron chi connectivity index (χ4n) is 2.71. The van der Waals surface area contributed by atoms with Gasteiger partial charge >= 0.3 is 0 Å². The van der Waals surface area contributed by atoms with Gasteiger partial charge in [0.05, 0.1) is 5.69 Å². The first-order valence-corrected chi connectivity index (χ1v) is 7.49. The molecule has 1 aliphatic rings. The normalized spacial score (nSPS) is 20.5. The zero-order chi connectivity index (χ0) is 15.5. The van der Waals surface area contributed by atoms with E-state index in [0.717, 1.165) is 18.5 Å². The second-order valence-corrected chi connectivity index (χ2v) is 5.73. The Morgan fingerprint density at radius 3 is 2.73 bits per heavy atom. The number of halogens is 1. The molecule has 0 spiro atoms. The maximum atomic E-state index is 13.6. The smallest absolute Gasteiger partial charge is 0.222 e. The van der Waals surface area contributed by atoms with Crippen molar-refractivity contribution in [2.24, 2.45) is 5.73 Å². The second-order valence-electron chi connectivity index (χ2n) is 5.73. The number of nitrogens with two attached hydrogens (primary N) is 2. The lowest BCUT2D eigenvalue weighted by molar-refractivity contribution is 0.345. The molecule has 1 saturated carbocycles. The summed E-state index contributed by atoms with van der Waals surface area (Å²) >= 11 is 0. The molecule has 1 aromatic carbocycles. The van der Waals surface area contributed by atoms with Crippen LogP contribution in [-0.2, 0) is 6.42 Å². The molecule has 116 valence electrons. The van der Waals surface area contributed by atoms with E-state index in [4.69, 9.17) is 11.5 Å². The van der Waals surface area contributed by atoms with Crippen LogP contribution in [0.5, 0.6) is 0 Å². The molecule has 0 unspecified atom stereocenters. The molecule has 1 fully saturated rings. The van der Waals surface area contributed by atoms with Gasteiger partial charge < -0.3 is 16.8 Å². The summed E-state index contributed by atoms with van der Waals surface area (Å²) in [5, 5.41) is 3.19. The molecule has 3 rings (SSSR count). The van der Waals surface area contributed by atoms with Crippen molar-refractivity contribution in [3.8, 4) is 0 Å². The number of nitrogens with one attached hydrogen (secondary N) is 1. The minimum absolute atomic E-state index is 0.185. The molecule has 1 heterocycles. The largest absolute Gasteiger partial charge is 0.370 e. The maximum Gasteiger partial charge on any atom is 0.222 e. The molecule has 0 saturated heterocycles. The lowest BCUT2D eigenvalue weighted by atomic mass is 9.78. The zero-order valence-corrected chi connectivity index (χ0v) is 12.3. The SMILES string of the molecule is Nc1nc(NCCc2ccccc2F)cc(C2CC(N)C2)n1. The minimum atomic E-state index is -0.185. The van der Waals surface area contributed by atoms with Crippen LogP contribution in [0.3, 0.4) is 0 Å².